The third-order valence-electron chi connectivity index (χ3n) is 4.20. The van der Waals surface area contributed by atoms with E-state index in [0.29, 0.717) is 18.5 Å². The van der Waals surface area contributed by atoms with Crippen molar-refractivity contribution in [3.8, 4) is 0 Å². The lowest BCUT2D eigenvalue weighted by Gasteiger charge is -2.32. The van der Waals surface area contributed by atoms with Gasteiger partial charge in [-0.2, -0.15) is 0 Å². The zero-order valence-corrected chi connectivity index (χ0v) is 14.0. The molecule has 0 bridgehead atoms. The van der Waals surface area contributed by atoms with Crippen LogP contribution in [-0.4, -0.2) is 25.0 Å². The summed E-state index contributed by atoms with van der Waals surface area (Å²) in [5.41, 5.74) is 2.34. The van der Waals surface area contributed by atoms with Crippen molar-refractivity contribution >= 4 is 34.9 Å². The number of hydrogen-bond acceptors (Lipinski definition) is 6. The second-order valence-corrected chi connectivity index (χ2v) is 6.56. The van der Waals surface area contributed by atoms with Gasteiger partial charge < -0.3 is 20.0 Å². The fourth-order valence-electron chi connectivity index (χ4n) is 2.70. The largest absolute Gasteiger partial charge is 0.550 e. The highest BCUT2D eigenvalue weighted by molar-refractivity contribution is 7.12. The van der Waals surface area contributed by atoms with Gasteiger partial charge in [-0.1, -0.05) is 11.1 Å². The van der Waals surface area contributed by atoms with E-state index < -0.39 is 29.7 Å². The number of thiophene rings is 1. The van der Waals surface area contributed by atoms with E-state index in [-0.39, 0.29) is 4.88 Å². The summed E-state index contributed by atoms with van der Waals surface area (Å²) in [6.07, 6.45) is 0.674. The van der Waals surface area contributed by atoms with Crippen LogP contribution in [0.15, 0.2) is 22.6 Å². The maximum absolute atomic E-state index is 12.5. The molecule has 6 nitrogen and oxygen atoms in total. The summed E-state index contributed by atoms with van der Waals surface area (Å²) in [6.45, 7) is 3.76. The standard InChI is InChI=1S/C16H19NO5S/c1-8-6-10(11(15(19)20)7-9(8)2)14(18)17-12-4-5-23-13(12)16(21)22-3/h4-5,10-11H,6-7H2,1-3H3,(H,17,18)(H,19,20)/p-1/t10-,11-/m0/s1. The van der Waals surface area contributed by atoms with Crippen molar-refractivity contribution < 1.29 is 24.2 Å². The fourth-order valence-corrected chi connectivity index (χ4v) is 3.47. The second kappa shape index (κ2) is 6.95. The van der Waals surface area contributed by atoms with Crippen LogP contribution < -0.4 is 10.4 Å². The van der Waals surface area contributed by atoms with Crippen LogP contribution in [0.1, 0.15) is 36.4 Å². The van der Waals surface area contributed by atoms with Gasteiger partial charge in [-0.3, -0.25) is 4.79 Å². The molecule has 0 radical (unpaired) electrons. The number of carboxylic acids is 1. The van der Waals surface area contributed by atoms with Gasteiger partial charge in [-0.15, -0.1) is 11.3 Å². The highest BCUT2D eigenvalue weighted by atomic mass is 32.1. The van der Waals surface area contributed by atoms with Gasteiger partial charge in [0.1, 0.15) is 4.88 Å². The van der Waals surface area contributed by atoms with Crippen molar-refractivity contribution in [3.05, 3.63) is 27.5 Å². The van der Waals surface area contributed by atoms with Crippen LogP contribution in [0, 0.1) is 11.8 Å². The highest BCUT2D eigenvalue weighted by Crippen LogP contribution is 2.35. The molecule has 0 saturated carbocycles. The molecule has 1 aliphatic rings. The molecular weight excluding hydrogens is 318 g/mol. The Kier molecular flexibility index (Phi) is 5.20. The van der Waals surface area contributed by atoms with E-state index in [1.165, 1.54) is 7.11 Å². The molecule has 7 heteroatoms. The first-order valence-electron chi connectivity index (χ1n) is 7.17. The SMILES string of the molecule is COC(=O)c1sccc1NC(=O)[C@H]1CC(C)=C(C)C[C@@H]1C(=O)[O-]. The Balaban J connectivity index is 2.21. The average molecular weight is 336 g/mol. The minimum Gasteiger partial charge on any atom is -0.550 e. The topological polar surface area (TPSA) is 95.5 Å². The molecule has 0 fully saturated rings. The summed E-state index contributed by atoms with van der Waals surface area (Å²) in [7, 11) is 1.26. The molecule has 23 heavy (non-hydrogen) atoms. The first kappa shape index (κ1) is 17.2. The number of amides is 1. The molecule has 1 aromatic rings. The maximum atomic E-state index is 12.5. The van der Waals surface area contributed by atoms with Gasteiger partial charge in [0.05, 0.1) is 18.7 Å². The van der Waals surface area contributed by atoms with Gasteiger partial charge in [0, 0.05) is 11.9 Å². The number of methoxy groups -OCH3 is 1. The summed E-state index contributed by atoms with van der Waals surface area (Å²) >= 11 is 1.15. The number of esters is 1. The molecule has 1 N–H and O–H groups in total. The van der Waals surface area contributed by atoms with E-state index in [2.05, 4.69) is 10.1 Å². The van der Waals surface area contributed by atoms with Crippen LogP contribution in [0.4, 0.5) is 5.69 Å². The quantitative estimate of drug-likeness (QED) is 0.665. The number of allylic oxidation sites excluding steroid dienone is 2. The van der Waals surface area contributed by atoms with Gasteiger partial charge in [0.25, 0.3) is 0 Å². The number of rotatable bonds is 4. The van der Waals surface area contributed by atoms with Gasteiger partial charge >= 0.3 is 5.97 Å². The molecule has 2 atom stereocenters. The highest BCUT2D eigenvalue weighted by Gasteiger charge is 2.34. The molecule has 0 saturated heterocycles. The molecular formula is C16H18NO5S-. The number of carbonyl (C=O) groups excluding carboxylic acids is 3. The summed E-state index contributed by atoms with van der Waals surface area (Å²) in [4.78, 5) is 35.8. The number of nitrogens with one attached hydrogen (secondary N) is 1. The Bertz CT molecular complexity index is 676. The summed E-state index contributed by atoms with van der Waals surface area (Å²) in [5.74, 6) is -3.76. The second-order valence-electron chi connectivity index (χ2n) is 5.65. The summed E-state index contributed by atoms with van der Waals surface area (Å²) in [6, 6.07) is 1.60. The van der Waals surface area contributed by atoms with Crippen molar-refractivity contribution in [2.24, 2.45) is 11.8 Å². The Morgan fingerprint density at radius 3 is 2.39 bits per heavy atom. The monoisotopic (exact) mass is 336 g/mol. The first-order valence-corrected chi connectivity index (χ1v) is 8.05. The number of aliphatic carboxylic acids is 1. The summed E-state index contributed by atoms with van der Waals surface area (Å²) < 4.78 is 4.66. The minimum atomic E-state index is -1.23. The molecule has 124 valence electrons. The molecule has 1 amide bonds. The molecule has 1 heterocycles. The third kappa shape index (κ3) is 3.61. The third-order valence-corrected chi connectivity index (χ3v) is 5.09. The number of carboxylic acid groups (broad SMARTS) is 1. The van der Waals surface area contributed by atoms with Crippen LogP contribution in [0.2, 0.25) is 0 Å². The van der Waals surface area contributed by atoms with E-state index in [9.17, 15) is 19.5 Å². The average Bonchev–Trinajstić information content (AvgIpc) is 2.96. The van der Waals surface area contributed by atoms with Crippen molar-refractivity contribution in [2.75, 3.05) is 12.4 Å². The lowest BCUT2D eigenvalue weighted by Crippen LogP contribution is -2.42. The van der Waals surface area contributed by atoms with E-state index in [4.69, 9.17) is 0 Å². The Morgan fingerprint density at radius 2 is 1.83 bits per heavy atom. The summed E-state index contributed by atoms with van der Waals surface area (Å²) in [5, 5.41) is 15.7. The van der Waals surface area contributed by atoms with Gasteiger partial charge in [-0.05, 0) is 38.1 Å². The van der Waals surface area contributed by atoms with Crippen LogP contribution >= 0.6 is 11.3 Å². The Hall–Kier alpha value is -2.15. The normalized spacial score (nSPS) is 21.0. The van der Waals surface area contributed by atoms with Crippen molar-refractivity contribution in [1.82, 2.24) is 0 Å². The number of carbonyl (C=O) groups is 3. The van der Waals surface area contributed by atoms with E-state index in [1.807, 2.05) is 13.8 Å². The van der Waals surface area contributed by atoms with Crippen LogP contribution in [0.25, 0.3) is 0 Å². The lowest BCUT2D eigenvalue weighted by molar-refractivity contribution is -0.313. The van der Waals surface area contributed by atoms with E-state index in [1.54, 1.807) is 11.4 Å². The van der Waals surface area contributed by atoms with Crippen molar-refractivity contribution in [2.45, 2.75) is 26.7 Å². The molecule has 1 aliphatic carbocycles. The molecule has 2 rings (SSSR count). The van der Waals surface area contributed by atoms with Crippen LogP contribution in [0.5, 0.6) is 0 Å². The molecule has 0 aromatic carbocycles. The predicted molar refractivity (Wildman–Crippen MR) is 83.9 cm³/mol. The van der Waals surface area contributed by atoms with Crippen LogP contribution in [-0.2, 0) is 14.3 Å². The smallest absolute Gasteiger partial charge is 0.350 e. The number of ether oxygens (including phenoxy) is 1. The minimum absolute atomic E-state index is 0.283. The van der Waals surface area contributed by atoms with Crippen molar-refractivity contribution in [3.63, 3.8) is 0 Å². The van der Waals surface area contributed by atoms with E-state index >= 15 is 0 Å². The van der Waals surface area contributed by atoms with Gasteiger partial charge in [-0.25, -0.2) is 4.79 Å². The molecule has 1 aromatic heterocycles. The molecule has 0 spiro atoms. The molecule has 0 aliphatic heterocycles. The first-order chi connectivity index (χ1) is 10.8. The zero-order valence-electron chi connectivity index (χ0n) is 13.2. The Morgan fingerprint density at radius 1 is 1.22 bits per heavy atom. The van der Waals surface area contributed by atoms with Gasteiger partial charge in [0.15, 0.2) is 0 Å². The van der Waals surface area contributed by atoms with Crippen LogP contribution in [0.3, 0.4) is 0 Å². The number of anilines is 1. The van der Waals surface area contributed by atoms with Gasteiger partial charge in [0.2, 0.25) is 5.91 Å². The van der Waals surface area contributed by atoms with Crippen molar-refractivity contribution in [1.29, 1.82) is 0 Å². The number of hydrogen-bond donors (Lipinski definition) is 1. The predicted octanol–water partition coefficient (Wildman–Crippen LogP) is 1.59. The maximum Gasteiger partial charge on any atom is 0.350 e. The zero-order chi connectivity index (χ0) is 17.1. The fraction of sp³-hybridized carbons (Fsp3) is 0.438. The Labute approximate surface area is 138 Å². The molecule has 0 unspecified atom stereocenters. The lowest BCUT2D eigenvalue weighted by atomic mass is 9.76. The van der Waals surface area contributed by atoms with E-state index in [0.717, 1.165) is 22.5 Å².